The minimum Gasteiger partial charge on any atom is -0.463 e. The lowest BCUT2D eigenvalue weighted by Gasteiger charge is -2.20. The van der Waals surface area contributed by atoms with E-state index in [9.17, 15) is 20.1 Å². The van der Waals surface area contributed by atoms with E-state index in [1.165, 1.54) is 77.0 Å². The van der Waals surface area contributed by atoms with Crippen LogP contribution in [-0.2, 0) is 14.3 Å². The molecule has 4 atom stereocenters. The van der Waals surface area contributed by atoms with Crippen LogP contribution in [-0.4, -0.2) is 58.9 Å². The monoisotopic (exact) mass is 430 g/mol. The van der Waals surface area contributed by atoms with Crippen molar-refractivity contribution in [2.45, 2.75) is 134 Å². The van der Waals surface area contributed by atoms with Gasteiger partial charge in [0.2, 0.25) is 0 Å². The molecule has 0 aromatic rings. The number of aliphatic hydroxyl groups is 3. The molecule has 30 heavy (non-hydrogen) atoms. The fourth-order valence-corrected chi connectivity index (χ4v) is 3.95. The Kier molecular flexibility index (Phi) is 16.3. The summed E-state index contributed by atoms with van der Waals surface area (Å²) in [5, 5.41) is 29.0. The molecular weight excluding hydrogens is 384 g/mol. The van der Waals surface area contributed by atoms with Crippen LogP contribution in [0.15, 0.2) is 0 Å². The van der Waals surface area contributed by atoms with E-state index in [1.54, 1.807) is 0 Å². The van der Waals surface area contributed by atoms with Crippen molar-refractivity contribution in [1.29, 1.82) is 0 Å². The lowest BCUT2D eigenvalue weighted by Crippen LogP contribution is -2.41. The zero-order chi connectivity index (χ0) is 22.0. The molecule has 1 saturated heterocycles. The molecule has 178 valence electrons. The number of ether oxygens (including phenoxy) is 2. The van der Waals surface area contributed by atoms with Crippen molar-refractivity contribution in [1.82, 2.24) is 0 Å². The standard InChI is InChI=1S/C24H46O6/c1-2-3-4-5-6-7-8-9-10-11-12-13-14-15-16-17-22(27)29-19-21(26)24-23(28)20(25)18-30-24/h20-21,23-26,28H,2-19H2,1H3/t20-,21-,23-,24+/m0/s1. The molecule has 1 heterocycles. The lowest BCUT2D eigenvalue weighted by atomic mass is 10.0. The highest BCUT2D eigenvalue weighted by Crippen LogP contribution is 2.18. The van der Waals surface area contributed by atoms with Gasteiger partial charge in [0.25, 0.3) is 0 Å². The number of esters is 1. The van der Waals surface area contributed by atoms with Crippen LogP contribution in [0.1, 0.15) is 110 Å². The Bertz CT molecular complexity index is 417. The number of carbonyl (C=O) groups excluding carboxylic acids is 1. The average Bonchev–Trinajstić information content (AvgIpc) is 3.07. The minimum atomic E-state index is -1.14. The van der Waals surface area contributed by atoms with Crippen LogP contribution in [0.2, 0.25) is 0 Å². The summed E-state index contributed by atoms with van der Waals surface area (Å²) in [5.41, 5.74) is 0. The molecule has 0 amide bonds. The van der Waals surface area contributed by atoms with E-state index in [2.05, 4.69) is 6.92 Å². The second-order valence-corrected chi connectivity index (χ2v) is 8.81. The van der Waals surface area contributed by atoms with Gasteiger partial charge in [-0.25, -0.2) is 0 Å². The molecule has 1 rings (SSSR count). The fraction of sp³-hybridized carbons (Fsp3) is 0.958. The van der Waals surface area contributed by atoms with Gasteiger partial charge in [-0.15, -0.1) is 0 Å². The van der Waals surface area contributed by atoms with Crippen LogP contribution < -0.4 is 0 Å². The second-order valence-electron chi connectivity index (χ2n) is 8.81. The Morgan fingerprint density at radius 1 is 0.867 bits per heavy atom. The first-order valence-corrected chi connectivity index (χ1v) is 12.4. The highest BCUT2D eigenvalue weighted by molar-refractivity contribution is 5.69. The molecule has 0 aliphatic carbocycles. The molecule has 0 aromatic carbocycles. The third-order valence-corrected chi connectivity index (χ3v) is 5.97. The molecule has 0 aromatic heterocycles. The Hall–Kier alpha value is -0.690. The van der Waals surface area contributed by atoms with Gasteiger partial charge in [-0.1, -0.05) is 96.8 Å². The molecule has 1 aliphatic rings. The summed E-state index contributed by atoms with van der Waals surface area (Å²) >= 11 is 0. The maximum atomic E-state index is 11.8. The number of hydrogen-bond donors (Lipinski definition) is 3. The Morgan fingerprint density at radius 3 is 1.77 bits per heavy atom. The predicted molar refractivity (Wildman–Crippen MR) is 118 cm³/mol. The molecule has 0 radical (unpaired) electrons. The zero-order valence-electron chi connectivity index (χ0n) is 19.1. The highest BCUT2D eigenvalue weighted by atomic mass is 16.6. The normalized spacial score (nSPS) is 22.3. The number of carbonyl (C=O) groups is 1. The summed E-state index contributed by atoms with van der Waals surface area (Å²) in [6, 6.07) is 0. The number of aliphatic hydroxyl groups excluding tert-OH is 3. The summed E-state index contributed by atoms with van der Waals surface area (Å²) in [7, 11) is 0. The molecule has 0 unspecified atom stereocenters. The van der Waals surface area contributed by atoms with Crippen LogP contribution in [0.5, 0.6) is 0 Å². The first-order chi connectivity index (χ1) is 14.6. The lowest BCUT2D eigenvalue weighted by molar-refractivity contribution is -0.151. The van der Waals surface area contributed by atoms with Crippen molar-refractivity contribution >= 4 is 5.97 Å². The van der Waals surface area contributed by atoms with Gasteiger partial charge < -0.3 is 24.8 Å². The van der Waals surface area contributed by atoms with E-state index < -0.39 is 24.4 Å². The van der Waals surface area contributed by atoms with Crippen molar-refractivity contribution < 1.29 is 29.6 Å². The van der Waals surface area contributed by atoms with Crippen molar-refractivity contribution in [2.75, 3.05) is 13.2 Å². The van der Waals surface area contributed by atoms with Crippen LogP contribution in [0.4, 0.5) is 0 Å². The van der Waals surface area contributed by atoms with Gasteiger partial charge in [-0.2, -0.15) is 0 Å². The maximum Gasteiger partial charge on any atom is 0.305 e. The average molecular weight is 431 g/mol. The highest BCUT2D eigenvalue weighted by Gasteiger charge is 2.39. The van der Waals surface area contributed by atoms with Crippen LogP contribution in [0.3, 0.4) is 0 Å². The van der Waals surface area contributed by atoms with Gasteiger partial charge in [0.1, 0.15) is 31.0 Å². The molecule has 3 N–H and O–H groups in total. The zero-order valence-corrected chi connectivity index (χ0v) is 19.1. The van der Waals surface area contributed by atoms with Crippen molar-refractivity contribution in [3.05, 3.63) is 0 Å². The van der Waals surface area contributed by atoms with E-state index in [1.807, 2.05) is 0 Å². The number of rotatable bonds is 19. The van der Waals surface area contributed by atoms with Gasteiger partial charge in [0, 0.05) is 6.42 Å². The van der Waals surface area contributed by atoms with Gasteiger partial charge in [-0.05, 0) is 6.42 Å². The van der Waals surface area contributed by atoms with Gasteiger partial charge in [-0.3, -0.25) is 4.79 Å². The van der Waals surface area contributed by atoms with E-state index in [0.29, 0.717) is 6.42 Å². The van der Waals surface area contributed by atoms with Crippen LogP contribution in [0.25, 0.3) is 0 Å². The van der Waals surface area contributed by atoms with Crippen LogP contribution in [0, 0.1) is 0 Å². The molecule has 0 bridgehead atoms. The summed E-state index contributed by atoms with van der Waals surface area (Å²) in [5.74, 6) is -0.336. The molecule has 1 aliphatic heterocycles. The quantitative estimate of drug-likeness (QED) is 0.209. The first-order valence-electron chi connectivity index (χ1n) is 12.4. The SMILES string of the molecule is CCCCCCCCCCCCCCCCCC(=O)OC[C@H](O)[C@H]1OC[C@H](O)[C@@H]1O. The Morgan fingerprint density at radius 2 is 1.33 bits per heavy atom. The molecular formula is C24H46O6. The van der Waals surface area contributed by atoms with Crippen molar-refractivity contribution in [3.8, 4) is 0 Å². The van der Waals surface area contributed by atoms with Crippen molar-refractivity contribution in [3.63, 3.8) is 0 Å². The predicted octanol–water partition coefficient (Wildman–Crippen LogP) is 4.27. The largest absolute Gasteiger partial charge is 0.463 e. The summed E-state index contributed by atoms with van der Waals surface area (Å²) in [6.07, 6.45) is 15.4. The number of unbranched alkanes of at least 4 members (excludes halogenated alkanes) is 14. The Labute approximate surface area is 183 Å². The minimum absolute atomic E-state index is 0.0179. The van der Waals surface area contributed by atoms with E-state index in [-0.39, 0.29) is 19.2 Å². The fourth-order valence-electron chi connectivity index (χ4n) is 3.95. The van der Waals surface area contributed by atoms with Crippen molar-refractivity contribution in [2.24, 2.45) is 0 Å². The summed E-state index contributed by atoms with van der Waals surface area (Å²) in [4.78, 5) is 11.8. The van der Waals surface area contributed by atoms with E-state index in [4.69, 9.17) is 9.47 Å². The molecule has 6 nitrogen and oxygen atoms in total. The van der Waals surface area contributed by atoms with Gasteiger partial charge in [0.05, 0.1) is 6.61 Å². The number of hydrogen-bond acceptors (Lipinski definition) is 6. The van der Waals surface area contributed by atoms with E-state index in [0.717, 1.165) is 19.3 Å². The molecule has 0 saturated carbocycles. The van der Waals surface area contributed by atoms with Gasteiger partial charge >= 0.3 is 5.97 Å². The third kappa shape index (κ3) is 12.9. The third-order valence-electron chi connectivity index (χ3n) is 5.97. The molecule has 1 fully saturated rings. The molecule has 6 heteroatoms. The maximum absolute atomic E-state index is 11.8. The summed E-state index contributed by atoms with van der Waals surface area (Å²) in [6.45, 7) is 2.03. The molecule has 0 spiro atoms. The Balaban J connectivity index is 1.83. The summed E-state index contributed by atoms with van der Waals surface area (Å²) < 4.78 is 10.2. The van der Waals surface area contributed by atoms with Gasteiger partial charge in [0.15, 0.2) is 0 Å². The first kappa shape index (κ1) is 27.3. The van der Waals surface area contributed by atoms with E-state index >= 15 is 0 Å². The second kappa shape index (κ2) is 17.9. The smallest absolute Gasteiger partial charge is 0.305 e. The van der Waals surface area contributed by atoms with Crippen LogP contribution >= 0.6 is 0 Å². The topological polar surface area (TPSA) is 96.2 Å².